The van der Waals surface area contributed by atoms with Crippen molar-refractivity contribution < 1.29 is 8.42 Å². The molecule has 1 aliphatic rings. The highest BCUT2D eigenvalue weighted by molar-refractivity contribution is 8.13. The van der Waals surface area contributed by atoms with E-state index in [0.29, 0.717) is 25.0 Å². The number of sulfonamides is 1. The molecule has 5 nitrogen and oxygen atoms in total. The summed E-state index contributed by atoms with van der Waals surface area (Å²) in [6, 6.07) is 0.462. The lowest BCUT2D eigenvalue weighted by Gasteiger charge is -2.28. The highest BCUT2D eigenvalue weighted by Gasteiger charge is 2.20. The van der Waals surface area contributed by atoms with E-state index in [0.717, 1.165) is 17.3 Å². The summed E-state index contributed by atoms with van der Waals surface area (Å²) in [4.78, 5) is 4.42. The summed E-state index contributed by atoms with van der Waals surface area (Å²) in [5.41, 5.74) is 0. The van der Waals surface area contributed by atoms with Crippen LogP contribution in [0.25, 0.3) is 0 Å². The molecule has 1 rings (SSSR count). The molecule has 2 N–H and O–H groups in total. The Morgan fingerprint density at radius 2 is 2.24 bits per heavy atom. The summed E-state index contributed by atoms with van der Waals surface area (Å²) in [6.07, 6.45) is 1.89. The van der Waals surface area contributed by atoms with E-state index in [1.54, 1.807) is 11.8 Å². The molecule has 0 aliphatic carbocycles. The molecule has 1 saturated heterocycles. The van der Waals surface area contributed by atoms with Gasteiger partial charge in [0.25, 0.3) is 0 Å². The predicted octanol–water partition coefficient (Wildman–Crippen LogP) is 0.643. The van der Waals surface area contributed by atoms with Crippen LogP contribution in [0.4, 0.5) is 0 Å². The van der Waals surface area contributed by atoms with Crippen molar-refractivity contribution in [1.82, 2.24) is 10.0 Å². The fraction of sp³-hybridized carbons (Fsp3) is 0.900. The maximum Gasteiger partial charge on any atom is 0.208 e. The molecule has 0 spiro atoms. The van der Waals surface area contributed by atoms with Crippen LogP contribution in [-0.2, 0) is 10.0 Å². The molecular formula is C10H21N3O2S2. The number of rotatable bonds is 5. The van der Waals surface area contributed by atoms with E-state index >= 15 is 0 Å². The number of amidine groups is 1. The first-order valence-corrected chi connectivity index (χ1v) is 8.64. The number of hydrogen-bond donors (Lipinski definition) is 2. The van der Waals surface area contributed by atoms with Gasteiger partial charge >= 0.3 is 0 Å². The molecule has 0 bridgehead atoms. The number of thioether (sulfide) groups is 1. The van der Waals surface area contributed by atoms with Gasteiger partial charge in [-0.2, -0.15) is 0 Å². The molecule has 0 aromatic heterocycles. The van der Waals surface area contributed by atoms with Crippen LogP contribution in [0.2, 0.25) is 0 Å². The quantitative estimate of drug-likeness (QED) is 0.725. The fourth-order valence-electron chi connectivity index (χ4n) is 1.34. The maximum absolute atomic E-state index is 10.8. The van der Waals surface area contributed by atoms with E-state index in [4.69, 9.17) is 0 Å². The van der Waals surface area contributed by atoms with Gasteiger partial charge in [-0.05, 0) is 19.3 Å². The van der Waals surface area contributed by atoms with Gasteiger partial charge in [0.05, 0.1) is 6.26 Å². The van der Waals surface area contributed by atoms with Crippen LogP contribution in [0.15, 0.2) is 4.99 Å². The Morgan fingerprint density at radius 1 is 1.53 bits per heavy atom. The van der Waals surface area contributed by atoms with Gasteiger partial charge in [-0.25, -0.2) is 13.1 Å². The first-order valence-electron chi connectivity index (χ1n) is 5.77. The van der Waals surface area contributed by atoms with Crippen LogP contribution in [0, 0.1) is 5.92 Å². The molecule has 0 aromatic rings. The highest BCUT2D eigenvalue weighted by atomic mass is 32.2. The summed E-state index contributed by atoms with van der Waals surface area (Å²) in [5.74, 6) is 1.75. The first kappa shape index (κ1) is 14.8. The summed E-state index contributed by atoms with van der Waals surface area (Å²) in [5, 5.41) is 4.33. The van der Waals surface area contributed by atoms with E-state index in [-0.39, 0.29) is 0 Å². The van der Waals surface area contributed by atoms with Crippen molar-refractivity contribution in [1.29, 1.82) is 0 Å². The minimum absolute atomic E-state index is 0.451. The van der Waals surface area contributed by atoms with Crippen molar-refractivity contribution in [3.05, 3.63) is 0 Å². The standard InChI is InChI=1S/C10H21N3O2S2/c1-8-7-16-10(13-9(8)2)11-5-4-6-12-17(3,14)15/h8-9,12H,4-7H2,1-3H3,(H,11,13). The lowest BCUT2D eigenvalue weighted by molar-refractivity contribution is 0.490. The van der Waals surface area contributed by atoms with E-state index < -0.39 is 10.0 Å². The Morgan fingerprint density at radius 3 is 2.82 bits per heavy atom. The maximum atomic E-state index is 10.8. The van der Waals surface area contributed by atoms with Crippen LogP contribution in [0.5, 0.6) is 0 Å². The summed E-state index contributed by atoms with van der Waals surface area (Å²) in [6.45, 7) is 5.48. The Labute approximate surface area is 108 Å². The van der Waals surface area contributed by atoms with Crippen LogP contribution < -0.4 is 10.0 Å². The molecule has 1 fully saturated rings. The molecule has 2 unspecified atom stereocenters. The predicted molar refractivity (Wildman–Crippen MR) is 74.0 cm³/mol. The molecular weight excluding hydrogens is 258 g/mol. The van der Waals surface area contributed by atoms with Crippen LogP contribution in [0.3, 0.4) is 0 Å². The molecule has 0 aromatic carbocycles. The molecule has 0 amide bonds. The van der Waals surface area contributed by atoms with Gasteiger partial charge in [0.2, 0.25) is 10.0 Å². The highest BCUT2D eigenvalue weighted by Crippen LogP contribution is 2.19. The Hall–Kier alpha value is -0.270. The fourth-order valence-corrected chi connectivity index (χ4v) is 3.02. The molecule has 7 heteroatoms. The molecule has 100 valence electrons. The van der Waals surface area contributed by atoms with Gasteiger partial charge in [-0.3, -0.25) is 4.99 Å². The van der Waals surface area contributed by atoms with Gasteiger partial charge in [0.1, 0.15) is 0 Å². The van der Waals surface area contributed by atoms with Crippen molar-refractivity contribution in [3.63, 3.8) is 0 Å². The average Bonchev–Trinajstić information content (AvgIpc) is 2.21. The van der Waals surface area contributed by atoms with Crippen LogP contribution >= 0.6 is 11.8 Å². The van der Waals surface area contributed by atoms with E-state index in [2.05, 4.69) is 28.9 Å². The van der Waals surface area contributed by atoms with Crippen LogP contribution in [0.1, 0.15) is 20.3 Å². The minimum atomic E-state index is -3.06. The SMILES string of the molecule is CC1CSC(=NCCCNS(C)(=O)=O)NC1C. The Kier molecular flexibility index (Phi) is 5.75. The molecule has 2 atom stereocenters. The summed E-state index contributed by atoms with van der Waals surface area (Å²) < 4.78 is 24.1. The van der Waals surface area contributed by atoms with E-state index in [1.807, 2.05) is 0 Å². The third-order valence-corrected chi connectivity index (χ3v) is 4.58. The monoisotopic (exact) mass is 279 g/mol. The number of nitrogens with one attached hydrogen (secondary N) is 2. The van der Waals surface area contributed by atoms with Crippen molar-refractivity contribution >= 4 is 27.0 Å². The van der Waals surface area contributed by atoms with E-state index in [1.165, 1.54) is 6.26 Å². The first-order chi connectivity index (χ1) is 7.88. The van der Waals surface area contributed by atoms with Gasteiger partial charge in [0, 0.05) is 24.9 Å². The zero-order chi connectivity index (χ0) is 12.9. The van der Waals surface area contributed by atoms with Gasteiger partial charge in [0.15, 0.2) is 5.17 Å². The van der Waals surface area contributed by atoms with Gasteiger partial charge in [-0.1, -0.05) is 18.7 Å². The summed E-state index contributed by atoms with van der Waals surface area (Å²) in [7, 11) is -3.06. The smallest absolute Gasteiger partial charge is 0.208 e. The minimum Gasteiger partial charge on any atom is -0.362 e. The topological polar surface area (TPSA) is 70.6 Å². The number of nitrogens with zero attached hydrogens (tertiary/aromatic N) is 1. The molecule has 0 radical (unpaired) electrons. The van der Waals surface area contributed by atoms with Gasteiger partial charge < -0.3 is 5.32 Å². The van der Waals surface area contributed by atoms with Crippen molar-refractivity contribution in [2.24, 2.45) is 10.9 Å². The largest absolute Gasteiger partial charge is 0.362 e. The number of aliphatic imine (C=N–C) groups is 1. The molecule has 1 heterocycles. The third kappa shape index (κ3) is 6.28. The lowest BCUT2D eigenvalue weighted by atomic mass is 10.1. The number of hydrogen-bond acceptors (Lipinski definition) is 4. The van der Waals surface area contributed by atoms with Crippen molar-refractivity contribution in [2.45, 2.75) is 26.3 Å². The van der Waals surface area contributed by atoms with Gasteiger partial charge in [-0.15, -0.1) is 0 Å². The zero-order valence-electron chi connectivity index (χ0n) is 10.6. The van der Waals surface area contributed by atoms with Crippen molar-refractivity contribution in [2.75, 3.05) is 25.1 Å². The third-order valence-electron chi connectivity index (χ3n) is 2.64. The average molecular weight is 279 g/mol. The zero-order valence-corrected chi connectivity index (χ0v) is 12.2. The van der Waals surface area contributed by atoms with Crippen molar-refractivity contribution in [3.8, 4) is 0 Å². The normalized spacial score (nSPS) is 28.1. The summed E-state index contributed by atoms with van der Waals surface area (Å²) >= 11 is 1.74. The Bertz CT molecular complexity index is 368. The second-order valence-corrected chi connectivity index (χ2v) is 7.27. The molecule has 1 aliphatic heterocycles. The Balaban J connectivity index is 2.21. The second-order valence-electron chi connectivity index (χ2n) is 4.43. The van der Waals surface area contributed by atoms with Crippen LogP contribution in [-0.4, -0.2) is 44.7 Å². The molecule has 17 heavy (non-hydrogen) atoms. The van der Waals surface area contributed by atoms with E-state index in [9.17, 15) is 8.42 Å². The second kappa shape index (κ2) is 6.61. The molecule has 0 saturated carbocycles. The lowest BCUT2D eigenvalue weighted by Crippen LogP contribution is -2.41.